The van der Waals surface area contributed by atoms with Crippen molar-refractivity contribution in [1.82, 2.24) is 20.6 Å². The van der Waals surface area contributed by atoms with Crippen LogP contribution in [0.15, 0.2) is 0 Å². The van der Waals surface area contributed by atoms with Crippen molar-refractivity contribution in [2.75, 3.05) is 7.11 Å². The molecule has 6 heteroatoms. The third-order valence-electron chi connectivity index (χ3n) is 10.5. The maximum atomic E-state index is 11.4. The van der Waals surface area contributed by atoms with Crippen LogP contribution < -0.4 is 0 Å². The number of aliphatic hydroxyl groups excluding tert-OH is 1. The summed E-state index contributed by atoms with van der Waals surface area (Å²) in [6.07, 6.45) is 13.5. The standard InChI is InChI=1S/C24H40N4O2/c1-23-12-10-19-22(20(29)14-16-13-17(30-3)9-11-24(16,19)2)18(23)8-7-15(23)5-4-6-21-25-27-28-26-21/h15-20,22,29H,4-14H2,1-3H3,(H,25,26,27,28)/t15-,16-,17+,18-,19-,20-,22-,23+,24-/m0/s1. The smallest absolute Gasteiger partial charge is 0.148 e. The molecule has 9 atom stereocenters. The molecule has 1 aromatic heterocycles. The number of H-pyrrole nitrogens is 1. The summed E-state index contributed by atoms with van der Waals surface area (Å²) in [6, 6.07) is 0. The second kappa shape index (κ2) is 7.84. The number of fused-ring (bicyclic) bond motifs is 5. The fraction of sp³-hybridized carbons (Fsp3) is 0.958. The van der Waals surface area contributed by atoms with Gasteiger partial charge in [0.1, 0.15) is 5.82 Å². The molecule has 4 fully saturated rings. The molecule has 30 heavy (non-hydrogen) atoms. The molecule has 0 bridgehead atoms. The molecule has 2 N–H and O–H groups in total. The molecule has 0 amide bonds. The van der Waals surface area contributed by atoms with Crippen molar-refractivity contribution in [3.63, 3.8) is 0 Å². The Hall–Kier alpha value is -1.01. The summed E-state index contributed by atoms with van der Waals surface area (Å²) in [5, 5.41) is 25.7. The number of nitrogens with zero attached hydrogens (tertiary/aromatic N) is 3. The molecule has 0 aliphatic heterocycles. The SMILES string of the molecule is CO[C@@H]1CC[C@@]2(C)[C@@H](C1)C[C@H](O)[C@@H]1[C@@H]2CC[C@]2(C)[C@@H](CCCc3nnn[nH]3)CC[C@@H]12. The summed E-state index contributed by atoms with van der Waals surface area (Å²) in [5.41, 5.74) is 0.798. The topological polar surface area (TPSA) is 83.9 Å². The van der Waals surface area contributed by atoms with Gasteiger partial charge in [-0.1, -0.05) is 13.8 Å². The summed E-state index contributed by atoms with van der Waals surface area (Å²) < 4.78 is 5.72. The Balaban J connectivity index is 1.30. The van der Waals surface area contributed by atoms with Crippen molar-refractivity contribution >= 4 is 0 Å². The average molecular weight is 417 g/mol. The lowest BCUT2D eigenvalue weighted by Crippen LogP contribution is -2.58. The van der Waals surface area contributed by atoms with Crippen molar-refractivity contribution in [1.29, 1.82) is 0 Å². The highest BCUT2D eigenvalue weighted by Gasteiger charge is 2.62. The van der Waals surface area contributed by atoms with E-state index in [1.54, 1.807) is 0 Å². The number of aryl methyl sites for hydroxylation is 1. The van der Waals surface area contributed by atoms with Crippen molar-refractivity contribution < 1.29 is 9.84 Å². The lowest BCUT2D eigenvalue weighted by molar-refractivity contribution is -0.174. The van der Waals surface area contributed by atoms with Crippen LogP contribution in [0.25, 0.3) is 0 Å². The van der Waals surface area contributed by atoms with Crippen LogP contribution >= 0.6 is 0 Å². The lowest BCUT2D eigenvalue weighted by Gasteiger charge is -2.62. The molecule has 0 unspecified atom stereocenters. The number of aromatic amines is 1. The van der Waals surface area contributed by atoms with E-state index in [0.29, 0.717) is 40.6 Å². The summed E-state index contributed by atoms with van der Waals surface area (Å²) in [7, 11) is 1.86. The highest BCUT2D eigenvalue weighted by Crippen LogP contribution is 2.68. The van der Waals surface area contributed by atoms with Gasteiger partial charge in [-0.2, -0.15) is 0 Å². The van der Waals surface area contributed by atoms with Crippen LogP contribution in [0.4, 0.5) is 0 Å². The molecule has 4 aliphatic carbocycles. The molecule has 0 aromatic carbocycles. The fourth-order valence-corrected chi connectivity index (χ4v) is 8.78. The van der Waals surface area contributed by atoms with Gasteiger partial charge in [-0.15, -0.1) is 5.10 Å². The van der Waals surface area contributed by atoms with Crippen LogP contribution in [0, 0.1) is 40.4 Å². The van der Waals surface area contributed by atoms with Crippen molar-refractivity contribution in [3.05, 3.63) is 5.82 Å². The number of ether oxygens (including phenoxy) is 1. The highest BCUT2D eigenvalue weighted by atomic mass is 16.5. The number of methoxy groups -OCH3 is 1. The van der Waals surface area contributed by atoms with Crippen LogP contribution in [0.3, 0.4) is 0 Å². The molecule has 6 nitrogen and oxygen atoms in total. The second-order valence-electron chi connectivity index (χ2n) is 11.5. The molecule has 0 saturated heterocycles. The number of aliphatic hydroxyl groups is 1. The second-order valence-corrected chi connectivity index (χ2v) is 11.5. The Morgan fingerprint density at radius 3 is 2.63 bits per heavy atom. The van der Waals surface area contributed by atoms with Gasteiger partial charge in [0.15, 0.2) is 0 Å². The quantitative estimate of drug-likeness (QED) is 0.753. The van der Waals surface area contributed by atoms with E-state index in [2.05, 4.69) is 34.5 Å². The predicted octanol–water partition coefficient (Wildman–Crippen LogP) is 4.17. The molecule has 4 aliphatic rings. The maximum Gasteiger partial charge on any atom is 0.148 e. The molecule has 0 radical (unpaired) electrons. The van der Waals surface area contributed by atoms with Gasteiger partial charge in [-0.25, -0.2) is 5.10 Å². The Kier molecular flexibility index (Phi) is 5.46. The van der Waals surface area contributed by atoms with Crippen LogP contribution in [0.1, 0.15) is 83.9 Å². The third kappa shape index (κ3) is 3.24. The molecule has 168 valence electrons. The lowest BCUT2D eigenvalue weighted by atomic mass is 9.44. The Labute approximate surface area is 180 Å². The monoisotopic (exact) mass is 416 g/mol. The van der Waals surface area contributed by atoms with Crippen LogP contribution in [0.5, 0.6) is 0 Å². The Bertz CT molecular complexity index is 727. The van der Waals surface area contributed by atoms with E-state index in [1.807, 2.05) is 7.11 Å². The first-order valence-corrected chi connectivity index (χ1v) is 12.4. The van der Waals surface area contributed by atoms with Gasteiger partial charge in [-0.05, 0) is 115 Å². The summed E-state index contributed by atoms with van der Waals surface area (Å²) >= 11 is 0. The van der Waals surface area contributed by atoms with Crippen molar-refractivity contribution in [3.8, 4) is 0 Å². The van der Waals surface area contributed by atoms with Gasteiger partial charge < -0.3 is 9.84 Å². The number of tetrazole rings is 1. The van der Waals surface area contributed by atoms with Crippen LogP contribution in [0.2, 0.25) is 0 Å². The van der Waals surface area contributed by atoms with Gasteiger partial charge in [0.2, 0.25) is 0 Å². The Morgan fingerprint density at radius 1 is 1.07 bits per heavy atom. The van der Waals surface area contributed by atoms with Crippen molar-refractivity contribution in [2.45, 2.75) is 96.7 Å². The minimum absolute atomic E-state index is 0.118. The van der Waals surface area contributed by atoms with E-state index in [0.717, 1.165) is 37.4 Å². The molecule has 1 heterocycles. The Morgan fingerprint density at radius 2 is 1.87 bits per heavy atom. The minimum atomic E-state index is -0.118. The molecular weight excluding hydrogens is 376 g/mol. The number of hydrogen-bond acceptors (Lipinski definition) is 5. The largest absolute Gasteiger partial charge is 0.393 e. The number of aromatic nitrogens is 4. The zero-order valence-electron chi connectivity index (χ0n) is 19.0. The van der Waals surface area contributed by atoms with Crippen LogP contribution in [-0.2, 0) is 11.2 Å². The van der Waals surface area contributed by atoms with E-state index >= 15 is 0 Å². The molecule has 1 aromatic rings. The van der Waals surface area contributed by atoms with Gasteiger partial charge in [-0.3, -0.25) is 0 Å². The predicted molar refractivity (Wildman–Crippen MR) is 115 cm³/mol. The number of rotatable bonds is 5. The third-order valence-corrected chi connectivity index (χ3v) is 10.5. The number of hydrogen-bond donors (Lipinski definition) is 2. The van der Waals surface area contributed by atoms with Gasteiger partial charge in [0, 0.05) is 13.5 Å². The summed E-state index contributed by atoms with van der Waals surface area (Å²) in [4.78, 5) is 0. The van der Waals surface area contributed by atoms with Crippen molar-refractivity contribution in [2.24, 2.45) is 40.4 Å². The first-order chi connectivity index (χ1) is 14.5. The minimum Gasteiger partial charge on any atom is -0.393 e. The molecule has 4 saturated carbocycles. The first-order valence-electron chi connectivity index (χ1n) is 12.4. The van der Waals surface area contributed by atoms with Crippen LogP contribution in [-0.4, -0.2) is 45.0 Å². The molecular formula is C24H40N4O2. The first kappa shape index (κ1) is 20.9. The van der Waals surface area contributed by atoms with E-state index < -0.39 is 0 Å². The average Bonchev–Trinajstić information content (AvgIpc) is 3.36. The zero-order chi connectivity index (χ0) is 20.9. The molecule has 0 spiro atoms. The van der Waals surface area contributed by atoms with E-state index in [1.165, 1.54) is 44.9 Å². The fourth-order valence-electron chi connectivity index (χ4n) is 8.78. The summed E-state index contributed by atoms with van der Waals surface area (Å²) in [6.45, 7) is 5.12. The normalized spacial score (nSPS) is 48.1. The van der Waals surface area contributed by atoms with Gasteiger partial charge in [0.05, 0.1) is 12.2 Å². The van der Waals surface area contributed by atoms with E-state index in [-0.39, 0.29) is 6.10 Å². The van der Waals surface area contributed by atoms with Gasteiger partial charge in [0.25, 0.3) is 0 Å². The molecule has 5 rings (SSSR count). The summed E-state index contributed by atoms with van der Waals surface area (Å²) in [5.74, 6) is 4.22. The number of nitrogens with one attached hydrogen (secondary N) is 1. The highest BCUT2D eigenvalue weighted by molar-refractivity contribution is 5.11. The van der Waals surface area contributed by atoms with E-state index in [9.17, 15) is 5.11 Å². The zero-order valence-corrected chi connectivity index (χ0v) is 19.0. The van der Waals surface area contributed by atoms with Gasteiger partial charge >= 0.3 is 0 Å². The maximum absolute atomic E-state index is 11.4. The van der Waals surface area contributed by atoms with E-state index in [4.69, 9.17) is 4.74 Å².